The average molecular weight is 383 g/mol. The van der Waals surface area contributed by atoms with Gasteiger partial charge in [-0.05, 0) is 65.8 Å². The highest BCUT2D eigenvalue weighted by Gasteiger charge is 2.33. The molecule has 1 atom stereocenters. The Hall–Kier alpha value is -2.40. The Morgan fingerprint density at radius 3 is 2.54 bits per heavy atom. The van der Waals surface area contributed by atoms with Crippen LogP contribution in [0.5, 0.6) is 23.0 Å². The van der Waals surface area contributed by atoms with E-state index in [0.717, 1.165) is 50.3 Å². The van der Waals surface area contributed by atoms with Crippen LogP contribution in [0.2, 0.25) is 0 Å². The summed E-state index contributed by atoms with van der Waals surface area (Å²) < 4.78 is 17.0. The molecule has 150 valence electrons. The van der Waals surface area contributed by atoms with Gasteiger partial charge in [0.1, 0.15) is 0 Å². The fraction of sp³-hybridized carbons (Fsp3) is 0.478. The van der Waals surface area contributed by atoms with E-state index in [1.807, 2.05) is 12.1 Å². The molecule has 0 saturated heterocycles. The molecule has 2 aromatic carbocycles. The first-order valence-electron chi connectivity index (χ1n) is 10.1. The minimum absolute atomic E-state index is 0.216. The van der Waals surface area contributed by atoms with Crippen molar-refractivity contribution in [3.05, 3.63) is 46.5 Å². The lowest BCUT2D eigenvalue weighted by molar-refractivity contribution is 0.159. The largest absolute Gasteiger partial charge is 0.504 e. The van der Waals surface area contributed by atoms with Crippen LogP contribution in [0.15, 0.2) is 24.3 Å². The number of benzene rings is 2. The second kappa shape index (κ2) is 7.92. The topological polar surface area (TPSA) is 51.2 Å². The molecule has 2 heterocycles. The van der Waals surface area contributed by atoms with Gasteiger partial charge >= 0.3 is 0 Å². The lowest BCUT2D eigenvalue weighted by atomic mass is 9.83. The minimum Gasteiger partial charge on any atom is -0.504 e. The van der Waals surface area contributed by atoms with Crippen molar-refractivity contribution < 1.29 is 19.3 Å². The number of phenolic OH excluding ortho intramolecular Hbond substituents is 1. The lowest BCUT2D eigenvalue weighted by Gasteiger charge is -2.41. The second-order valence-electron chi connectivity index (χ2n) is 7.64. The Balaban J connectivity index is 1.68. The Morgan fingerprint density at radius 2 is 1.79 bits per heavy atom. The number of methoxy groups -OCH3 is 2. The standard InChI is InChI=1S/C23H29NO4/c1-4-5-8-28-23-13-18-15(11-22(23)27-3)6-7-24-14-17-10-20(25)21(26-2)12-16(17)9-19(18)24/h10-13,19,25H,4-9,14H2,1-3H3/t19-/m1/s1. The van der Waals surface area contributed by atoms with Gasteiger partial charge in [0.2, 0.25) is 0 Å². The van der Waals surface area contributed by atoms with Gasteiger partial charge in [0.05, 0.1) is 20.8 Å². The van der Waals surface area contributed by atoms with Crippen molar-refractivity contribution in [3.8, 4) is 23.0 Å². The number of ether oxygens (including phenoxy) is 3. The number of fused-ring (bicyclic) bond motifs is 4. The molecular formula is C23H29NO4. The van der Waals surface area contributed by atoms with E-state index in [9.17, 15) is 5.11 Å². The van der Waals surface area contributed by atoms with E-state index in [1.54, 1.807) is 14.2 Å². The first-order valence-corrected chi connectivity index (χ1v) is 10.1. The summed E-state index contributed by atoms with van der Waals surface area (Å²) in [4.78, 5) is 2.50. The van der Waals surface area contributed by atoms with Crippen molar-refractivity contribution in [1.29, 1.82) is 0 Å². The third-order valence-electron chi connectivity index (χ3n) is 5.94. The molecule has 4 rings (SSSR count). The van der Waals surface area contributed by atoms with Gasteiger partial charge in [-0.15, -0.1) is 0 Å². The Bertz CT molecular complexity index is 864. The van der Waals surface area contributed by atoms with E-state index >= 15 is 0 Å². The van der Waals surface area contributed by atoms with E-state index in [-0.39, 0.29) is 5.75 Å². The van der Waals surface area contributed by atoms with E-state index < -0.39 is 0 Å². The van der Waals surface area contributed by atoms with Crippen LogP contribution in [0.3, 0.4) is 0 Å². The maximum Gasteiger partial charge on any atom is 0.161 e. The van der Waals surface area contributed by atoms with Crippen molar-refractivity contribution in [2.45, 2.75) is 45.2 Å². The lowest BCUT2D eigenvalue weighted by Crippen LogP contribution is -2.39. The van der Waals surface area contributed by atoms with Gasteiger partial charge in [-0.1, -0.05) is 13.3 Å². The zero-order chi connectivity index (χ0) is 19.7. The Kier molecular flexibility index (Phi) is 5.36. The number of unbranched alkanes of at least 4 members (excludes halogenated alkanes) is 1. The number of hydrogen-bond donors (Lipinski definition) is 1. The molecule has 2 aliphatic heterocycles. The highest BCUT2D eigenvalue weighted by Crippen LogP contribution is 2.44. The molecule has 0 saturated carbocycles. The van der Waals surface area contributed by atoms with Gasteiger partial charge < -0.3 is 19.3 Å². The fourth-order valence-corrected chi connectivity index (χ4v) is 4.37. The summed E-state index contributed by atoms with van der Waals surface area (Å²) in [5.41, 5.74) is 5.10. The maximum atomic E-state index is 10.1. The molecule has 5 nitrogen and oxygen atoms in total. The van der Waals surface area contributed by atoms with Gasteiger partial charge in [-0.3, -0.25) is 4.90 Å². The number of aromatic hydroxyl groups is 1. The van der Waals surface area contributed by atoms with Gasteiger partial charge in [0, 0.05) is 19.1 Å². The number of hydrogen-bond acceptors (Lipinski definition) is 5. The van der Waals surface area contributed by atoms with Gasteiger partial charge in [0.15, 0.2) is 23.0 Å². The zero-order valence-electron chi connectivity index (χ0n) is 17.0. The van der Waals surface area contributed by atoms with Crippen molar-refractivity contribution in [2.75, 3.05) is 27.4 Å². The van der Waals surface area contributed by atoms with Crippen LogP contribution in [-0.4, -0.2) is 37.4 Å². The molecule has 0 bridgehead atoms. The molecule has 28 heavy (non-hydrogen) atoms. The molecule has 0 aliphatic carbocycles. The molecule has 0 radical (unpaired) electrons. The SMILES string of the molecule is CCCCOc1cc2c(cc1OC)CCN1Cc3cc(O)c(OC)cc3C[C@H]21. The van der Waals surface area contributed by atoms with Crippen LogP contribution >= 0.6 is 0 Å². The minimum atomic E-state index is 0.216. The highest BCUT2D eigenvalue weighted by atomic mass is 16.5. The fourth-order valence-electron chi connectivity index (χ4n) is 4.37. The molecule has 0 aromatic heterocycles. The average Bonchev–Trinajstić information content (AvgIpc) is 2.71. The van der Waals surface area contributed by atoms with Gasteiger partial charge in [-0.2, -0.15) is 0 Å². The molecule has 0 unspecified atom stereocenters. The van der Waals surface area contributed by atoms with E-state index in [1.165, 1.54) is 22.3 Å². The van der Waals surface area contributed by atoms with Crippen LogP contribution in [0, 0.1) is 0 Å². The summed E-state index contributed by atoms with van der Waals surface area (Å²) >= 11 is 0. The van der Waals surface area contributed by atoms with E-state index in [4.69, 9.17) is 14.2 Å². The van der Waals surface area contributed by atoms with Gasteiger partial charge in [-0.25, -0.2) is 0 Å². The van der Waals surface area contributed by atoms with E-state index in [2.05, 4.69) is 24.0 Å². The molecule has 2 aromatic rings. The third-order valence-corrected chi connectivity index (χ3v) is 5.94. The zero-order valence-corrected chi connectivity index (χ0v) is 17.0. The summed E-state index contributed by atoms with van der Waals surface area (Å²) in [7, 11) is 3.30. The number of nitrogens with zero attached hydrogens (tertiary/aromatic N) is 1. The van der Waals surface area contributed by atoms with Crippen LogP contribution in [0.25, 0.3) is 0 Å². The molecule has 0 spiro atoms. The van der Waals surface area contributed by atoms with Crippen molar-refractivity contribution in [3.63, 3.8) is 0 Å². The molecule has 0 fully saturated rings. The number of rotatable bonds is 6. The Labute approximate surface area is 166 Å². The van der Waals surface area contributed by atoms with E-state index in [0.29, 0.717) is 18.4 Å². The quantitative estimate of drug-likeness (QED) is 0.756. The Morgan fingerprint density at radius 1 is 1.00 bits per heavy atom. The van der Waals surface area contributed by atoms with Crippen LogP contribution < -0.4 is 14.2 Å². The first kappa shape index (κ1) is 18.9. The molecule has 1 N–H and O–H groups in total. The normalized spacial score (nSPS) is 18.0. The number of phenols is 1. The monoisotopic (exact) mass is 383 g/mol. The summed E-state index contributed by atoms with van der Waals surface area (Å²) in [5, 5.41) is 10.1. The molecule has 2 aliphatic rings. The molecular weight excluding hydrogens is 354 g/mol. The maximum absolute atomic E-state index is 10.1. The molecule has 5 heteroatoms. The summed E-state index contributed by atoms with van der Waals surface area (Å²) in [6.07, 6.45) is 4.04. The smallest absolute Gasteiger partial charge is 0.161 e. The van der Waals surface area contributed by atoms with Crippen LogP contribution in [0.4, 0.5) is 0 Å². The summed E-state index contributed by atoms with van der Waals surface area (Å²) in [5.74, 6) is 2.42. The molecule has 0 amide bonds. The third kappa shape index (κ3) is 3.39. The second-order valence-corrected chi connectivity index (χ2v) is 7.64. The summed E-state index contributed by atoms with van der Waals surface area (Å²) in [6.45, 7) is 4.72. The summed E-state index contributed by atoms with van der Waals surface area (Å²) in [6, 6.07) is 8.49. The van der Waals surface area contributed by atoms with Crippen molar-refractivity contribution in [2.24, 2.45) is 0 Å². The van der Waals surface area contributed by atoms with Crippen LogP contribution in [0.1, 0.15) is 48.1 Å². The van der Waals surface area contributed by atoms with Crippen LogP contribution in [-0.2, 0) is 19.4 Å². The van der Waals surface area contributed by atoms with Gasteiger partial charge in [0.25, 0.3) is 0 Å². The van der Waals surface area contributed by atoms with Crippen molar-refractivity contribution >= 4 is 0 Å². The highest BCUT2D eigenvalue weighted by molar-refractivity contribution is 5.52. The predicted octanol–water partition coefficient (Wildman–Crippen LogP) is 4.24. The predicted molar refractivity (Wildman–Crippen MR) is 109 cm³/mol. The first-order chi connectivity index (χ1) is 13.6. The van der Waals surface area contributed by atoms with Crippen molar-refractivity contribution in [1.82, 2.24) is 4.90 Å².